The number of non-ortho nitro benzene ring substituents is 1. The number of carbonyl (C=O) groups excluding carboxylic acids is 2. The van der Waals surface area contributed by atoms with Crippen LogP contribution in [0.4, 0.5) is 5.69 Å². The van der Waals surface area contributed by atoms with Gasteiger partial charge in [0.05, 0.1) is 17.5 Å². The average molecular weight is 395 g/mol. The monoisotopic (exact) mass is 395 g/mol. The number of hydrogen-bond acceptors (Lipinski definition) is 7. The van der Waals surface area contributed by atoms with Crippen LogP contribution in [-0.2, 0) is 16.1 Å². The van der Waals surface area contributed by atoms with Crippen molar-refractivity contribution < 1.29 is 23.7 Å². The van der Waals surface area contributed by atoms with Gasteiger partial charge in [0.15, 0.2) is 12.4 Å². The van der Waals surface area contributed by atoms with E-state index in [2.05, 4.69) is 10.3 Å². The Kier molecular flexibility index (Phi) is 6.31. The van der Waals surface area contributed by atoms with E-state index >= 15 is 0 Å². The zero-order chi connectivity index (χ0) is 20.6. The van der Waals surface area contributed by atoms with E-state index in [4.69, 9.17) is 9.15 Å². The minimum absolute atomic E-state index is 0.0367. The molecule has 9 nitrogen and oxygen atoms in total. The fourth-order valence-corrected chi connectivity index (χ4v) is 2.44. The number of aromatic nitrogens is 1. The van der Waals surface area contributed by atoms with E-state index in [1.807, 2.05) is 30.3 Å². The highest BCUT2D eigenvalue weighted by Gasteiger charge is 2.12. The molecular weight excluding hydrogens is 378 g/mol. The Bertz CT molecular complexity index is 999. The van der Waals surface area contributed by atoms with E-state index in [1.165, 1.54) is 24.3 Å². The van der Waals surface area contributed by atoms with Crippen molar-refractivity contribution in [2.75, 3.05) is 6.54 Å². The molecule has 0 saturated carbocycles. The summed E-state index contributed by atoms with van der Waals surface area (Å²) in [5.74, 6) is -0.111. The van der Waals surface area contributed by atoms with Gasteiger partial charge in [-0.25, -0.2) is 4.98 Å². The van der Waals surface area contributed by atoms with Crippen LogP contribution in [-0.4, -0.2) is 28.3 Å². The van der Waals surface area contributed by atoms with Crippen LogP contribution in [0.3, 0.4) is 0 Å². The van der Waals surface area contributed by atoms with Gasteiger partial charge in [0, 0.05) is 29.8 Å². The highest BCUT2D eigenvalue weighted by atomic mass is 16.6. The van der Waals surface area contributed by atoms with Crippen LogP contribution >= 0.6 is 0 Å². The molecule has 0 bridgehead atoms. The molecule has 3 rings (SSSR count). The quantitative estimate of drug-likeness (QED) is 0.353. The Morgan fingerprint density at radius 3 is 2.52 bits per heavy atom. The molecule has 1 aromatic heterocycles. The number of esters is 1. The van der Waals surface area contributed by atoms with E-state index in [0.717, 1.165) is 5.56 Å². The zero-order valence-electron chi connectivity index (χ0n) is 15.2. The van der Waals surface area contributed by atoms with Crippen LogP contribution in [0.25, 0.3) is 11.3 Å². The highest BCUT2D eigenvalue weighted by Crippen LogP contribution is 2.20. The highest BCUT2D eigenvalue weighted by molar-refractivity contribution is 5.94. The lowest BCUT2D eigenvalue weighted by molar-refractivity contribution is -0.384. The third-order valence-electron chi connectivity index (χ3n) is 3.92. The summed E-state index contributed by atoms with van der Waals surface area (Å²) < 4.78 is 10.6. The first-order valence-corrected chi connectivity index (χ1v) is 8.71. The van der Waals surface area contributed by atoms with Crippen LogP contribution < -0.4 is 5.32 Å². The number of carbonyl (C=O) groups is 2. The van der Waals surface area contributed by atoms with E-state index < -0.39 is 16.8 Å². The summed E-state index contributed by atoms with van der Waals surface area (Å²) in [7, 11) is 0. The lowest BCUT2D eigenvalue weighted by Crippen LogP contribution is -2.26. The molecule has 1 amide bonds. The van der Waals surface area contributed by atoms with Gasteiger partial charge in [0.2, 0.25) is 5.89 Å². The summed E-state index contributed by atoms with van der Waals surface area (Å²) in [5.41, 5.74) is 1.02. The zero-order valence-corrected chi connectivity index (χ0v) is 15.2. The first-order chi connectivity index (χ1) is 14.0. The molecular formula is C20H17N3O6. The van der Waals surface area contributed by atoms with Crippen LogP contribution in [0.2, 0.25) is 0 Å². The van der Waals surface area contributed by atoms with Crippen molar-refractivity contribution in [3.05, 3.63) is 82.4 Å². The number of nitro benzene ring substituents is 1. The summed E-state index contributed by atoms with van der Waals surface area (Å²) in [4.78, 5) is 37.9. The average Bonchev–Trinajstić information content (AvgIpc) is 3.22. The normalized spacial score (nSPS) is 10.3. The van der Waals surface area contributed by atoms with Crippen molar-refractivity contribution in [2.45, 2.75) is 13.0 Å². The van der Waals surface area contributed by atoms with Crippen LogP contribution in [0.1, 0.15) is 22.7 Å². The Morgan fingerprint density at radius 1 is 1.10 bits per heavy atom. The summed E-state index contributed by atoms with van der Waals surface area (Å²) in [5, 5.41) is 13.2. The molecule has 0 aliphatic rings. The van der Waals surface area contributed by atoms with E-state index in [9.17, 15) is 19.7 Å². The van der Waals surface area contributed by atoms with Gasteiger partial charge in [-0.3, -0.25) is 19.7 Å². The lowest BCUT2D eigenvalue weighted by atomic mass is 10.2. The number of nitrogens with zero attached hydrogens (tertiary/aromatic N) is 2. The summed E-state index contributed by atoms with van der Waals surface area (Å²) in [6.45, 7) is -0.0442. The predicted octanol–water partition coefficient (Wildman–Crippen LogP) is 3.11. The van der Waals surface area contributed by atoms with Gasteiger partial charge in [0.1, 0.15) is 0 Å². The summed E-state index contributed by atoms with van der Waals surface area (Å²) in [6.07, 6.45) is 1.52. The second-order valence-electron chi connectivity index (χ2n) is 5.95. The molecule has 9 heteroatoms. The second-order valence-corrected chi connectivity index (χ2v) is 5.95. The van der Waals surface area contributed by atoms with Crippen LogP contribution in [0.15, 0.2) is 65.2 Å². The SMILES string of the molecule is O=C(CCNC(=O)c1ccc([N+](=O)[O-])cc1)OCc1ncc(-c2ccccc2)o1. The second kappa shape index (κ2) is 9.27. The smallest absolute Gasteiger partial charge is 0.308 e. The molecule has 0 saturated heterocycles. The van der Waals surface area contributed by atoms with Crippen molar-refractivity contribution >= 4 is 17.6 Å². The third-order valence-corrected chi connectivity index (χ3v) is 3.92. The van der Waals surface area contributed by atoms with Crippen molar-refractivity contribution in [3.8, 4) is 11.3 Å². The maximum absolute atomic E-state index is 12.0. The number of oxazole rings is 1. The molecule has 0 fully saturated rings. The number of ether oxygens (including phenoxy) is 1. The molecule has 1 heterocycles. The minimum atomic E-state index is -0.547. The van der Waals surface area contributed by atoms with Crippen LogP contribution in [0.5, 0.6) is 0 Å². The molecule has 1 N–H and O–H groups in total. The number of rotatable bonds is 8. The largest absolute Gasteiger partial charge is 0.456 e. The number of nitro groups is 1. The first kappa shape index (κ1) is 19.7. The Labute approximate surface area is 165 Å². The Hall–Kier alpha value is -4.01. The van der Waals surface area contributed by atoms with Crippen molar-refractivity contribution in [1.82, 2.24) is 10.3 Å². The maximum Gasteiger partial charge on any atom is 0.308 e. The van der Waals surface area contributed by atoms with Gasteiger partial charge in [-0.1, -0.05) is 30.3 Å². The van der Waals surface area contributed by atoms with Gasteiger partial charge >= 0.3 is 5.97 Å². The standard InChI is InChI=1S/C20H17N3O6/c24-19(10-11-21-20(25)15-6-8-16(9-7-15)23(26)27)28-13-18-22-12-17(29-18)14-4-2-1-3-5-14/h1-9,12H,10-11,13H2,(H,21,25). The summed E-state index contributed by atoms with van der Waals surface area (Å²) in [6, 6.07) is 14.6. The molecule has 2 aromatic carbocycles. The lowest BCUT2D eigenvalue weighted by Gasteiger charge is -2.05. The van der Waals surface area contributed by atoms with Gasteiger partial charge < -0.3 is 14.5 Å². The van der Waals surface area contributed by atoms with Gasteiger partial charge in [0.25, 0.3) is 11.6 Å². The Balaban J connectivity index is 1.40. The molecule has 29 heavy (non-hydrogen) atoms. The molecule has 3 aromatic rings. The van der Waals surface area contributed by atoms with Gasteiger partial charge in [-0.15, -0.1) is 0 Å². The van der Waals surface area contributed by atoms with Gasteiger partial charge in [-0.2, -0.15) is 0 Å². The Morgan fingerprint density at radius 2 is 1.83 bits per heavy atom. The van der Waals surface area contributed by atoms with E-state index in [0.29, 0.717) is 5.76 Å². The topological polar surface area (TPSA) is 125 Å². The van der Waals surface area contributed by atoms with E-state index in [1.54, 1.807) is 6.20 Å². The van der Waals surface area contributed by atoms with Crippen molar-refractivity contribution in [1.29, 1.82) is 0 Å². The molecule has 0 spiro atoms. The first-order valence-electron chi connectivity index (χ1n) is 8.71. The number of amides is 1. The number of nitrogens with one attached hydrogen (secondary N) is 1. The fraction of sp³-hybridized carbons (Fsp3) is 0.150. The maximum atomic E-state index is 12.0. The summed E-state index contributed by atoms with van der Waals surface area (Å²) >= 11 is 0. The third kappa shape index (κ3) is 5.48. The van der Waals surface area contributed by atoms with Crippen molar-refractivity contribution in [3.63, 3.8) is 0 Å². The molecule has 0 aliphatic heterocycles. The van der Waals surface area contributed by atoms with Gasteiger partial charge in [-0.05, 0) is 12.1 Å². The molecule has 0 unspecified atom stereocenters. The molecule has 0 atom stereocenters. The molecule has 148 valence electrons. The van der Waals surface area contributed by atoms with Crippen LogP contribution in [0, 0.1) is 10.1 Å². The molecule has 0 radical (unpaired) electrons. The number of benzene rings is 2. The molecule has 0 aliphatic carbocycles. The fourth-order valence-electron chi connectivity index (χ4n) is 2.44. The number of hydrogen-bond donors (Lipinski definition) is 1. The van der Waals surface area contributed by atoms with E-state index in [-0.39, 0.29) is 36.7 Å². The minimum Gasteiger partial charge on any atom is -0.456 e. The van der Waals surface area contributed by atoms with Crippen molar-refractivity contribution in [2.24, 2.45) is 0 Å². The predicted molar refractivity (Wildman–Crippen MR) is 102 cm³/mol.